The van der Waals surface area contributed by atoms with E-state index in [-0.39, 0.29) is 5.57 Å². The van der Waals surface area contributed by atoms with Crippen LogP contribution in [-0.4, -0.2) is 5.91 Å². The molecule has 0 fully saturated rings. The lowest BCUT2D eigenvalue weighted by molar-refractivity contribution is -0.112. The van der Waals surface area contributed by atoms with E-state index in [0.29, 0.717) is 23.0 Å². The summed E-state index contributed by atoms with van der Waals surface area (Å²) in [4.78, 5) is 12.0. The topological polar surface area (TPSA) is 78.1 Å². The zero-order chi connectivity index (χ0) is 15.9. The number of nitrogens with zero attached hydrogens (tertiary/aromatic N) is 1. The van der Waals surface area contributed by atoms with Crippen molar-refractivity contribution in [1.82, 2.24) is 5.32 Å². The van der Waals surface area contributed by atoms with E-state index in [1.54, 1.807) is 36.6 Å². The molecule has 0 aliphatic heterocycles. The van der Waals surface area contributed by atoms with Crippen molar-refractivity contribution in [3.63, 3.8) is 0 Å². The molecule has 6 heteroatoms. The molecule has 0 aliphatic rings. The largest absolute Gasteiger partial charge is 0.467 e. The first-order valence-corrected chi connectivity index (χ1v) is 6.91. The van der Waals surface area contributed by atoms with E-state index >= 15 is 0 Å². The Balaban J connectivity index is 1.99. The molecule has 0 saturated carbocycles. The summed E-state index contributed by atoms with van der Waals surface area (Å²) in [5.41, 5.74) is 1.41. The van der Waals surface area contributed by atoms with Crippen molar-refractivity contribution in [2.75, 3.05) is 5.32 Å². The number of benzene rings is 1. The lowest BCUT2D eigenvalue weighted by Gasteiger charge is -2.06. The average Bonchev–Trinajstić information content (AvgIpc) is 3.00. The van der Waals surface area contributed by atoms with Crippen LogP contribution in [0, 0.1) is 18.3 Å². The quantitative estimate of drug-likeness (QED) is 0.655. The predicted octanol–water partition coefficient (Wildman–Crippen LogP) is 3.38. The van der Waals surface area contributed by atoms with Gasteiger partial charge in [-0.15, -0.1) is 0 Å². The first-order chi connectivity index (χ1) is 10.6. The predicted molar refractivity (Wildman–Crippen MR) is 84.1 cm³/mol. The van der Waals surface area contributed by atoms with Crippen LogP contribution >= 0.6 is 11.6 Å². The van der Waals surface area contributed by atoms with Crippen LogP contribution in [0.15, 0.2) is 52.8 Å². The molecule has 0 bridgehead atoms. The minimum atomic E-state index is -0.505. The van der Waals surface area contributed by atoms with Gasteiger partial charge >= 0.3 is 0 Å². The fourth-order valence-electron chi connectivity index (χ4n) is 1.68. The molecule has 112 valence electrons. The molecule has 0 aliphatic carbocycles. The van der Waals surface area contributed by atoms with Gasteiger partial charge < -0.3 is 15.1 Å². The molecule has 22 heavy (non-hydrogen) atoms. The van der Waals surface area contributed by atoms with Gasteiger partial charge in [0.25, 0.3) is 5.91 Å². The van der Waals surface area contributed by atoms with Gasteiger partial charge in [0.2, 0.25) is 0 Å². The van der Waals surface area contributed by atoms with E-state index in [1.807, 2.05) is 13.0 Å². The number of carbonyl (C=O) groups is 1. The summed E-state index contributed by atoms with van der Waals surface area (Å²) in [6.45, 7) is 2.26. The van der Waals surface area contributed by atoms with Crippen molar-refractivity contribution in [1.29, 1.82) is 5.26 Å². The number of carbonyl (C=O) groups excluding carboxylic acids is 1. The molecule has 2 rings (SSSR count). The van der Waals surface area contributed by atoms with E-state index in [9.17, 15) is 4.79 Å². The summed E-state index contributed by atoms with van der Waals surface area (Å²) >= 11 is 6.00. The molecule has 0 unspecified atom stereocenters. The molecular formula is C16H14ClN3O2. The van der Waals surface area contributed by atoms with Gasteiger partial charge in [-0.25, -0.2) is 0 Å². The Bertz CT molecular complexity index is 730. The monoisotopic (exact) mass is 315 g/mol. The van der Waals surface area contributed by atoms with Gasteiger partial charge in [0, 0.05) is 16.9 Å². The molecule has 1 amide bonds. The van der Waals surface area contributed by atoms with Crippen LogP contribution in [0.4, 0.5) is 5.69 Å². The fraction of sp³-hybridized carbons (Fsp3) is 0.125. The normalized spacial score (nSPS) is 10.9. The van der Waals surface area contributed by atoms with Gasteiger partial charge in [-0.05, 0) is 36.8 Å². The zero-order valence-corrected chi connectivity index (χ0v) is 12.6. The Morgan fingerprint density at radius 3 is 2.91 bits per heavy atom. The van der Waals surface area contributed by atoms with Crippen LogP contribution in [0.3, 0.4) is 0 Å². The van der Waals surface area contributed by atoms with Crippen molar-refractivity contribution in [2.24, 2.45) is 0 Å². The van der Waals surface area contributed by atoms with Gasteiger partial charge in [-0.2, -0.15) is 5.26 Å². The molecule has 0 saturated heterocycles. The van der Waals surface area contributed by atoms with E-state index in [2.05, 4.69) is 10.6 Å². The third-order valence-corrected chi connectivity index (χ3v) is 3.30. The van der Waals surface area contributed by atoms with Crippen LogP contribution in [0.25, 0.3) is 0 Å². The maximum absolute atomic E-state index is 12.0. The Morgan fingerprint density at radius 1 is 1.45 bits per heavy atom. The smallest absolute Gasteiger partial charge is 0.267 e. The number of aryl methyl sites for hydroxylation is 1. The van der Waals surface area contributed by atoms with E-state index < -0.39 is 5.91 Å². The van der Waals surface area contributed by atoms with Gasteiger partial charge in [0.1, 0.15) is 17.4 Å². The molecule has 1 aromatic carbocycles. The third kappa shape index (κ3) is 4.14. The Labute approximate surface area is 133 Å². The molecule has 1 heterocycles. The second-order valence-electron chi connectivity index (χ2n) is 4.55. The molecule has 2 aromatic rings. The molecular weight excluding hydrogens is 302 g/mol. The summed E-state index contributed by atoms with van der Waals surface area (Å²) in [5, 5.41) is 15.1. The van der Waals surface area contributed by atoms with E-state index in [4.69, 9.17) is 21.3 Å². The van der Waals surface area contributed by atoms with E-state index in [1.165, 1.54) is 6.20 Å². The number of anilines is 1. The second-order valence-corrected chi connectivity index (χ2v) is 4.96. The van der Waals surface area contributed by atoms with Gasteiger partial charge in [-0.1, -0.05) is 17.7 Å². The van der Waals surface area contributed by atoms with Crippen molar-refractivity contribution >= 4 is 23.2 Å². The minimum absolute atomic E-state index is 0.0387. The fourth-order valence-corrected chi connectivity index (χ4v) is 1.87. The molecule has 5 nitrogen and oxygen atoms in total. The highest BCUT2D eigenvalue weighted by molar-refractivity contribution is 6.31. The highest BCUT2D eigenvalue weighted by Gasteiger charge is 2.10. The minimum Gasteiger partial charge on any atom is -0.467 e. The molecule has 0 spiro atoms. The number of rotatable bonds is 5. The summed E-state index contributed by atoms with van der Waals surface area (Å²) in [6, 6.07) is 10.6. The van der Waals surface area contributed by atoms with E-state index in [0.717, 1.165) is 5.56 Å². The maximum Gasteiger partial charge on any atom is 0.267 e. The van der Waals surface area contributed by atoms with Crippen molar-refractivity contribution in [2.45, 2.75) is 13.5 Å². The van der Waals surface area contributed by atoms with Gasteiger partial charge in [-0.3, -0.25) is 4.79 Å². The van der Waals surface area contributed by atoms with Crippen molar-refractivity contribution < 1.29 is 9.21 Å². The summed E-state index contributed by atoms with van der Waals surface area (Å²) in [5.74, 6) is 0.202. The number of nitriles is 1. The Hall–Kier alpha value is -2.71. The lowest BCUT2D eigenvalue weighted by atomic mass is 10.2. The average molecular weight is 316 g/mol. The van der Waals surface area contributed by atoms with Crippen LogP contribution in [0.1, 0.15) is 11.3 Å². The SMILES string of the molecule is Cc1ccc(NC(=O)/C(C#N)=C\NCc2ccco2)cc1Cl. The number of hydrogen-bond donors (Lipinski definition) is 2. The standard InChI is InChI=1S/C16H14ClN3O2/c1-11-4-5-13(7-15(11)17)20-16(21)12(8-18)9-19-10-14-3-2-6-22-14/h2-7,9,19H,10H2,1H3,(H,20,21)/b12-9-. The van der Waals surface area contributed by atoms with Crippen molar-refractivity contribution in [3.05, 3.63) is 64.7 Å². The first kappa shape index (κ1) is 15.7. The van der Waals surface area contributed by atoms with Crippen molar-refractivity contribution in [3.8, 4) is 6.07 Å². The maximum atomic E-state index is 12.0. The molecule has 0 atom stereocenters. The Morgan fingerprint density at radius 2 is 2.27 bits per heavy atom. The highest BCUT2D eigenvalue weighted by atomic mass is 35.5. The zero-order valence-electron chi connectivity index (χ0n) is 11.9. The van der Waals surface area contributed by atoms with Crippen LogP contribution < -0.4 is 10.6 Å². The molecule has 2 N–H and O–H groups in total. The van der Waals surface area contributed by atoms with Gasteiger partial charge in [0.05, 0.1) is 12.8 Å². The number of amides is 1. The number of hydrogen-bond acceptors (Lipinski definition) is 4. The number of furan rings is 1. The number of nitrogens with one attached hydrogen (secondary N) is 2. The molecule has 0 radical (unpaired) electrons. The molecule has 1 aromatic heterocycles. The van der Waals surface area contributed by atoms with Crippen LogP contribution in [-0.2, 0) is 11.3 Å². The summed E-state index contributed by atoms with van der Waals surface area (Å²) < 4.78 is 5.14. The first-order valence-electron chi connectivity index (χ1n) is 6.53. The highest BCUT2D eigenvalue weighted by Crippen LogP contribution is 2.20. The van der Waals surface area contributed by atoms with Crippen LogP contribution in [0.5, 0.6) is 0 Å². The van der Waals surface area contributed by atoms with Gasteiger partial charge in [0.15, 0.2) is 0 Å². The van der Waals surface area contributed by atoms with Crippen LogP contribution in [0.2, 0.25) is 5.02 Å². The third-order valence-electron chi connectivity index (χ3n) is 2.90. The number of halogens is 1. The Kier molecular flexibility index (Phi) is 5.23. The summed E-state index contributed by atoms with van der Waals surface area (Å²) in [6.07, 6.45) is 2.91. The lowest BCUT2D eigenvalue weighted by Crippen LogP contribution is -2.16. The second kappa shape index (κ2) is 7.34. The summed E-state index contributed by atoms with van der Waals surface area (Å²) in [7, 11) is 0.